The van der Waals surface area contributed by atoms with Crippen molar-refractivity contribution < 1.29 is 29.3 Å². The minimum atomic E-state index is -0.978. The number of fused-ring (bicyclic) bond motifs is 2. The number of hydrogen-bond acceptors (Lipinski definition) is 5. The second-order valence-electron chi connectivity index (χ2n) is 8.57. The quantitative estimate of drug-likeness (QED) is 0.453. The van der Waals surface area contributed by atoms with E-state index < -0.39 is 25.9 Å². The van der Waals surface area contributed by atoms with Gasteiger partial charge in [-0.3, -0.25) is 14.4 Å². The molecular weight excluding hydrogens is 364 g/mol. The van der Waals surface area contributed by atoms with Gasteiger partial charge in [0.25, 0.3) is 6.47 Å². The van der Waals surface area contributed by atoms with Gasteiger partial charge in [-0.25, -0.2) is 0 Å². The minimum Gasteiger partial charge on any atom is -0.508 e. The zero-order valence-corrected chi connectivity index (χ0v) is 17.3. The molecule has 3 aliphatic rings. The van der Waals surface area contributed by atoms with Gasteiger partial charge in [-0.15, -0.1) is 0 Å². The highest BCUT2D eigenvalue weighted by Crippen LogP contribution is 2.54. The molecule has 4 rings (SSSR count). The lowest BCUT2D eigenvalue weighted by Gasteiger charge is -2.45. The Labute approximate surface area is 160 Å². The lowest BCUT2D eigenvalue weighted by molar-refractivity contribution is -0.150. The van der Waals surface area contributed by atoms with Crippen molar-refractivity contribution >= 4 is 26.3 Å². The molecule has 0 heterocycles. The number of ketones is 1. The molecular formula is C20H28O6Si. The number of carboxylic acids is 1. The summed E-state index contributed by atoms with van der Waals surface area (Å²) in [6.45, 7) is 9.77. The fourth-order valence-electron chi connectivity index (χ4n) is 3.99. The summed E-state index contributed by atoms with van der Waals surface area (Å²) >= 11 is 0. The third kappa shape index (κ3) is 4.77. The second-order valence-corrected chi connectivity index (χ2v) is 14.2. The van der Waals surface area contributed by atoms with E-state index in [1.807, 2.05) is 13.0 Å². The van der Waals surface area contributed by atoms with E-state index >= 15 is 0 Å². The maximum atomic E-state index is 12.0. The molecule has 7 heteroatoms. The molecule has 0 radical (unpaired) electrons. The maximum Gasteiger partial charge on any atom is 0.307 e. The number of Topliss-reactive ketones (excluding diaryl/α,β-unsaturated/α-hetero) is 1. The van der Waals surface area contributed by atoms with Crippen LogP contribution in [-0.4, -0.2) is 43.1 Å². The fraction of sp³-hybridized carbons (Fsp3) is 0.550. The molecule has 2 bridgehead atoms. The number of carbonyl (C=O) groups is 3. The van der Waals surface area contributed by atoms with Gasteiger partial charge in [0.2, 0.25) is 0 Å². The van der Waals surface area contributed by atoms with Crippen LogP contribution in [0.25, 0.3) is 0 Å². The third-order valence-electron chi connectivity index (χ3n) is 5.46. The predicted molar refractivity (Wildman–Crippen MR) is 104 cm³/mol. The lowest BCUT2D eigenvalue weighted by Crippen LogP contribution is -2.45. The van der Waals surface area contributed by atoms with Crippen LogP contribution in [0.3, 0.4) is 0 Å². The Morgan fingerprint density at radius 2 is 1.96 bits per heavy atom. The standard InChI is InChI=1S/C14H14O4.C6H14O2Si/c1-6-9-5-11(16)13(12(6)14(17)18)10-4-7(15)2-3-8(9)10;1-9(2,3)5-4-8-6-7/h2-4,6,9,12-13,15H,5H2,1H3,(H,17,18);6H,4-5H2,1-3H3/t6-,9?,12-,13-;/m1./s1. The Hall–Kier alpha value is -2.15. The number of benzene rings is 1. The molecule has 148 valence electrons. The third-order valence-corrected chi connectivity index (χ3v) is 7.16. The summed E-state index contributed by atoms with van der Waals surface area (Å²) < 4.78 is 4.56. The Morgan fingerprint density at radius 3 is 2.52 bits per heavy atom. The van der Waals surface area contributed by atoms with Crippen LogP contribution < -0.4 is 0 Å². The first kappa shape index (κ1) is 21.2. The van der Waals surface area contributed by atoms with Gasteiger partial charge in [0.05, 0.1) is 18.4 Å². The van der Waals surface area contributed by atoms with E-state index in [1.165, 1.54) is 0 Å². The van der Waals surface area contributed by atoms with Gasteiger partial charge in [-0.05, 0) is 41.1 Å². The molecule has 27 heavy (non-hydrogen) atoms. The zero-order chi connectivity index (χ0) is 20.4. The van der Waals surface area contributed by atoms with Gasteiger partial charge in [0.15, 0.2) is 0 Å². The van der Waals surface area contributed by atoms with Crippen LogP contribution in [0.15, 0.2) is 18.2 Å². The maximum absolute atomic E-state index is 12.0. The highest BCUT2D eigenvalue weighted by Gasteiger charge is 2.52. The Bertz CT molecular complexity index is 724. The SMILES string of the molecule is C[C@@H]1C2CC(=O)[C@@H](c3cc(O)ccc32)[C@@H]1C(=O)O.C[Si](C)(C)CCOC=O. The number of aliphatic carboxylic acids is 1. The van der Waals surface area contributed by atoms with Crippen LogP contribution in [0.2, 0.25) is 25.7 Å². The summed E-state index contributed by atoms with van der Waals surface area (Å²) in [5.41, 5.74) is 1.74. The molecule has 0 spiro atoms. The van der Waals surface area contributed by atoms with E-state index in [-0.39, 0.29) is 23.4 Å². The molecule has 1 saturated carbocycles. The molecule has 1 fully saturated rings. The number of phenolic OH excluding ortho intramolecular Hbond substituents is 1. The van der Waals surface area contributed by atoms with E-state index in [0.717, 1.165) is 11.6 Å². The van der Waals surface area contributed by atoms with Crippen LogP contribution in [0.4, 0.5) is 0 Å². The van der Waals surface area contributed by atoms with Crippen molar-refractivity contribution in [2.24, 2.45) is 11.8 Å². The molecule has 4 atom stereocenters. The highest BCUT2D eigenvalue weighted by molar-refractivity contribution is 6.76. The van der Waals surface area contributed by atoms with Gasteiger partial charge in [0.1, 0.15) is 11.5 Å². The van der Waals surface area contributed by atoms with Gasteiger partial charge in [-0.1, -0.05) is 32.6 Å². The van der Waals surface area contributed by atoms with Crippen LogP contribution in [0.1, 0.15) is 36.3 Å². The van der Waals surface area contributed by atoms with Gasteiger partial charge in [0, 0.05) is 14.5 Å². The largest absolute Gasteiger partial charge is 0.508 e. The number of aromatic hydroxyl groups is 1. The summed E-state index contributed by atoms with van der Waals surface area (Å²) in [4.78, 5) is 33.1. The lowest BCUT2D eigenvalue weighted by atomic mass is 9.56. The monoisotopic (exact) mass is 392 g/mol. The molecule has 0 amide bonds. The first-order valence-corrected chi connectivity index (χ1v) is 12.9. The van der Waals surface area contributed by atoms with Crippen LogP contribution >= 0.6 is 0 Å². The van der Waals surface area contributed by atoms with E-state index in [4.69, 9.17) is 0 Å². The average molecular weight is 393 g/mol. The molecule has 2 N–H and O–H groups in total. The molecule has 3 aliphatic carbocycles. The predicted octanol–water partition coefficient (Wildman–Crippen LogP) is 3.38. The van der Waals surface area contributed by atoms with Crippen molar-refractivity contribution in [2.45, 2.75) is 50.9 Å². The smallest absolute Gasteiger partial charge is 0.307 e. The van der Waals surface area contributed by atoms with E-state index in [1.54, 1.807) is 12.1 Å². The molecule has 0 aromatic heterocycles. The summed E-state index contributed by atoms with van der Waals surface area (Å²) in [6, 6.07) is 6.04. The van der Waals surface area contributed by atoms with Crippen LogP contribution in [0, 0.1) is 11.8 Å². The van der Waals surface area contributed by atoms with E-state index in [9.17, 15) is 24.6 Å². The Balaban J connectivity index is 0.000000249. The Kier molecular flexibility index (Phi) is 6.46. The second kappa shape index (κ2) is 8.25. The number of hydrogen-bond donors (Lipinski definition) is 2. The first-order valence-electron chi connectivity index (χ1n) is 9.20. The fourth-order valence-corrected chi connectivity index (χ4v) is 4.72. The van der Waals surface area contributed by atoms with Crippen molar-refractivity contribution in [3.8, 4) is 5.75 Å². The minimum absolute atomic E-state index is 0.0106. The van der Waals surface area contributed by atoms with E-state index in [2.05, 4.69) is 24.4 Å². The van der Waals surface area contributed by atoms with Gasteiger partial charge in [-0.2, -0.15) is 0 Å². The normalized spacial score (nSPS) is 25.9. The molecule has 6 nitrogen and oxygen atoms in total. The molecule has 0 saturated heterocycles. The zero-order valence-electron chi connectivity index (χ0n) is 16.3. The number of ether oxygens (including phenoxy) is 1. The van der Waals surface area contributed by atoms with Crippen molar-refractivity contribution in [2.75, 3.05) is 6.61 Å². The Morgan fingerprint density at radius 1 is 1.30 bits per heavy atom. The number of carbonyl (C=O) groups excluding carboxylic acids is 2. The molecule has 1 aromatic carbocycles. The van der Waals surface area contributed by atoms with Gasteiger partial charge >= 0.3 is 5.97 Å². The number of carboxylic acid groups (broad SMARTS) is 1. The van der Waals surface area contributed by atoms with Crippen LogP contribution in [-0.2, 0) is 19.1 Å². The topological polar surface area (TPSA) is 101 Å². The van der Waals surface area contributed by atoms with Crippen molar-refractivity contribution in [3.63, 3.8) is 0 Å². The van der Waals surface area contributed by atoms with Crippen LogP contribution in [0.5, 0.6) is 5.75 Å². The molecule has 1 unspecified atom stereocenters. The number of phenols is 1. The molecule has 1 aromatic rings. The van der Waals surface area contributed by atoms with E-state index in [0.29, 0.717) is 25.1 Å². The highest BCUT2D eigenvalue weighted by atomic mass is 28.3. The average Bonchev–Trinajstić information content (AvgIpc) is 2.55. The van der Waals surface area contributed by atoms with Crippen molar-refractivity contribution in [1.29, 1.82) is 0 Å². The summed E-state index contributed by atoms with van der Waals surface area (Å²) in [5.74, 6) is -2.16. The van der Waals surface area contributed by atoms with Crippen molar-refractivity contribution in [3.05, 3.63) is 29.3 Å². The first-order chi connectivity index (χ1) is 12.6. The number of rotatable bonds is 5. The van der Waals surface area contributed by atoms with Gasteiger partial charge < -0.3 is 14.9 Å². The summed E-state index contributed by atoms with van der Waals surface area (Å²) in [5, 5.41) is 18.9. The van der Waals surface area contributed by atoms with Crippen molar-refractivity contribution in [1.82, 2.24) is 0 Å². The summed E-state index contributed by atoms with van der Waals surface area (Å²) in [6.07, 6.45) is 0.424. The summed E-state index contributed by atoms with van der Waals surface area (Å²) in [7, 11) is -0.978. The molecule has 0 aliphatic heterocycles.